The largest absolute Gasteiger partial charge is 0.598 e. The molecule has 0 saturated heterocycles. The zero-order valence-electron chi connectivity index (χ0n) is 18.6. The minimum Gasteiger partial charge on any atom is -0.598 e. The summed E-state index contributed by atoms with van der Waals surface area (Å²) in [6.07, 6.45) is 0.946. The molecule has 9 heteroatoms. The summed E-state index contributed by atoms with van der Waals surface area (Å²) in [5.41, 5.74) is -0.483. The van der Waals surface area contributed by atoms with Crippen LogP contribution in [0.2, 0.25) is 0 Å². The van der Waals surface area contributed by atoms with Gasteiger partial charge in [0.2, 0.25) is 0 Å². The average molecular weight is 460 g/mol. The van der Waals surface area contributed by atoms with E-state index in [9.17, 15) is 23.6 Å². The highest BCUT2D eigenvalue weighted by molar-refractivity contribution is 7.90. The molecule has 0 bridgehead atoms. The van der Waals surface area contributed by atoms with E-state index in [1.54, 1.807) is 33.8 Å². The number of carboxylic acids is 1. The number of hydrogen-bond donors (Lipinski definition) is 3. The van der Waals surface area contributed by atoms with Crippen LogP contribution in [0.25, 0.3) is 0 Å². The second kappa shape index (κ2) is 10.1. The van der Waals surface area contributed by atoms with Gasteiger partial charge in [0, 0.05) is 34.4 Å². The molecule has 2 rings (SSSR count). The van der Waals surface area contributed by atoms with Crippen molar-refractivity contribution in [3.63, 3.8) is 0 Å². The van der Waals surface area contributed by atoms with E-state index in [2.05, 4.69) is 26.9 Å². The Balaban J connectivity index is 2.36. The lowest BCUT2D eigenvalue weighted by Gasteiger charge is -2.34. The monoisotopic (exact) mass is 459 g/mol. The van der Waals surface area contributed by atoms with E-state index in [1.165, 1.54) is 31.3 Å². The second-order valence-electron chi connectivity index (χ2n) is 8.34. The Morgan fingerprint density at radius 1 is 1.22 bits per heavy atom. The molecule has 1 aromatic carbocycles. The van der Waals surface area contributed by atoms with Crippen molar-refractivity contribution in [2.75, 3.05) is 5.32 Å². The highest BCUT2D eigenvalue weighted by Crippen LogP contribution is 2.32. The number of carbonyl (C=O) groups is 2. The molecule has 32 heavy (non-hydrogen) atoms. The molecule has 0 aliphatic carbocycles. The number of hydrogen-bond acceptors (Lipinski definition) is 5. The number of carbonyl (C=O) groups excluding carboxylic acids is 1. The number of carboxylic acid groups (broad SMARTS) is 1. The fourth-order valence-corrected chi connectivity index (χ4v) is 3.71. The molecule has 1 aromatic heterocycles. The molecule has 1 heterocycles. The first-order valence-corrected chi connectivity index (χ1v) is 10.9. The summed E-state index contributed by atoms with van der Waals surface area (Å²) in [6, 6.07) is 6.99. The van der Waals surface area contributed by atoms with E-state index in [-0.39, 0.29) is 16.9 Å². The van der Waals surface area contributed by atoms with Gasteiger partial charge in [-0.3, -0.25) is 9.59 Å². The molecule has 0 aliphatic rings. The van der Waals surface area contributed by atoms with Crippen molar-refractivity contribution in [3.8, 4) is 11.8 Å². The Morgan fingerprint density at radius 2 is 1.91 bits per heavy atom. The number of aromatic nitrogens is 1. The van der Waals surface area contributed by atoms with Gasteiger partial charge in [-0.05, 0) is 65.0 Å². The normalized spacial score (nSPS) is 14.0. The third-order valence-corrected chi connectivity index (χ3v) is 6.21. The first kappa shape index (κ1) is 25.3. The van der Waals surface area contributed by atoms with Gasteiger partial charge in [-0.1, -0.05) is 5.92 Å². The molecular weight excluding hydrogens is 433 g/mol. The number of nitrogens with one attached hydrogen (secondary N) is 2. The van der Waals surface area contributed by atoms with Gasteiger partial charge in [-0.2, -0.15) is 0 Å². The summed E-state index contributed by atoms with van der Waals surface area (Å²) < 4.78 is 29.5. The van der Waals surface area contributed by atoms with Crippen LogP contribution in [0.5, 0.6) is 0 Å². The summed E-state index contributed by atoms with van der Waals surface area (Å²) >= 11 is -1.67. The molecule has 0 radical (unpaired) electrons. The standard InChI is InChI=1S/C23H26FN3O4S/c1-6-7-15-8-11-19(25-14-15)21(30)26-16-9-10-18(24)17(12-16)23(5,13-20(28)29)27-32(31)22(2,3)4/h8-12,14,27H,13H2,1-5H3,(H,26,30)(H,28,29)/t23-,32?/m0/s1. The van der Waals surface area contributed by atoms with E-state index in [0.717, 1.165) is 6.07 Å². The SMILES string of the molecule is CC#Cc1ccc(C(=O)Nc2ccc(F)c([C@](C)(CC(=O)O)N[S+]([O-])C(C)(C)C)c2)nc1. The lowest BCUT2D eigenvalue weighted by molar-refractivity contribution is -0.138. The van der Waals surface area contributed by atoms with E-state index < -0.39 is 45.8 Å². The van der Waals surface area contributed by atoms with Gasteiger partial charge >= 0.3 is 5.97 Å². The molecule has 2 atom stereocenters. The molecule has 3 N–H and O–H groups in total. The van der Waals surface area contributed by atoms with Gasteiger partial charge in [-0.15, -0.1) is 10.6 Å². The fourth-order valence-electron chi connectivity index (χ4n) is 2.81. The molecule has 0 saturated carbocycles. The van der Waals surface area contributed by atoms with Gasteiger partial charge < -0.3 is 15.0 Å². The topological polar surface area (TPSA) is 114 Å². The number of anilines is 1. The van der Waals surface area contributed by atoms with Crippen molar-refractivity contribution >= 4 is 28.9 Å². The first-order valence-electron chi connectivity index (χ1n) is 9.77. The number of rotatable bonds is 7. The lowest BCUT2D eigenvalue weighted by atomic mass is 9.89. The van der Waals surface area contributed by atoms with Crippen LogP contribution in [-0.4, -0.2) is 31.3 Å². The van der Waals surface area contributed by atoms with Gasteiger partial charge in [0.1, 0.15) is 16.3 Å². The smallest absolute Gasteiger partial charge is 0.305 e. The van der Waals surface area contributed by atoms with Crippen LogP contribution in [0, 0.1) is 17.7 Å². The number of halogens is 1. The van der Waals surface area contributed by atoms with Crippen LogP contribution < -0.4 is 10.0 Å². The average Bonchev–Trinajstić information content (AvgIpc) is 2.68. The van der Waals surface area contributed by atoms with Crippen molar-refractivity contribution < 1.29 is 23.6 Å². The molecule has 0 spiro atoms. The maximum Gasteiger partial charge on any atom is 0.305 e. The van der Waals surface area contributed by atoms with Crippen molar-refractivity contribution in [3.05, 3.63) is 59.2 Å². The number of amides is 1. The Bertz CT molecular complexity index is 1060. The predicted molar refractivity (Wildman–Crippen MR) is 122 cm³/mol. The van der Waals surface area contributed by atoms with Crippen molar-refractivity contribution in [2.45, 2.75) is 51.3 Å². The third kappa shape index (κ3) is 6.53. The van der Waals surface area contributed by atoms with Crippen LogP contribution in [0.3, 0.4) is 0 Å². The van der Waals surface area contributed by atoms with Crippen LogP contribution in [-0.2, 0) is 21.7 Å². The molecule has 0 fully saturated rings. The molecule has 1 amide bonds. The number of nitrogens with zero attached hydrogens (tertiary/aromatic N) is 1. The van der Waals surface area contributed by atoms with E-state index >= 15 is 0 Å². The number of aliphatic carboxylic acids is 1. The summed E-state index contributed by atoms with van der Waals surface area (Å²) in [6.45, 7) is 8.30. The van der Waals surface area contributed by atoms with Crippen LogP contribution in [0.1, 0.15) is 62.7 Å². The Kier molecular flexibility index (Phi) is 8.02. The quantitative estimate of drug-likeness (QED) is 0.431. The minimum atomic E-state index is -1.67. The summed E-state index contributed by atoms with van der Waals surface area (Å²) in [4.78, 5) is 28.1. The molecule has 0 aliphatic heterocycles. The maximum atomic E-state index is 14.8. The maximum absolute atomic E-state index is 14.8. The van der Waals surface area contributed by atoms with Crippen LogP contribution in [0.4, 0.5) is 10.1 Å². The zero-order valence-corrected chi connectivity index (χ0v) is 19.4. The summed E-state index contributed by atoms with van der Waals surface area (Å²) in [7, 11) is 0. The second-order valence-corrected chi connectivity index (χ2v) is 10.3. The molecule has 170 valence electrons. The lowest BCUT2D eigenvalue weighted by Crippen LogP contribution is -2.51. The van der Waals surface area contributed by atoms with Crippen LogP contribution >= 0.6 is 0 Å². The van der Waals surface area contributed by atoms with Gasteiger partial charge in [-0.25, -0.2) is 9.37 Å². The molecule has 2 aromatic rings. The summed E-state index contributed by atoms with van der Waals surface area (Å²) in [5, 5.41) is 12.0. The Hall–Kier alpha value is -2.93. The molecular formula is C23H26FN3O4S. The van der Waals surface area contributed by atoms with Crippen molar-refractivity contribution in [1.29, 1.82) is 0 Å². The summed E-state index contributed by atoms with van der Waals surface area (Å²) in [5.74, 6) is 3.16. The molecule has 1 unspecified atom stereocenters. The zero-order chi connectivity index (χ0) is 24.1. The van der Waals surface area contributed by atoms with Crippen molar-refractivity contribution in [1.82, 2.24) is 9.71 Å². The van der Waals surface area contributed by atoms with E-state index in [1.807, 2.05) is 0 Å². The van der Waals surface area contributed by atoms with Crippen LogP contribution in [0.15, 0.2) is 36.5 Å². The van der Waals surface area contributed by atoms with Crippen molar-refractivity contribution in [2.24, 2.45) is 0 Å². The number of benzene rings is 1. The van der Waals surface area contributed by atoms with Gasteiger partial charge in [0.15, 0.2) is 0 Å². The molecule has 7 nitrogen and oxygen atoms in total. The van der Waals surface area contributed by atoms with E-state index in [4.69, 9.17) is 0 Å². The predicted octanol–water partition coefficient (Wildman–Crippen LogP) is 3.59. The Morgan fingerprint density at radius 3 is 2.44 bits per heavy atom. The highest BCUT2D eigenvalue weighted by Gasteiger charge is 2.40. The third-order valence-electron chi connectivity index (χ3n) is 4.46. The fraction of sp³-hybridized carbons (Fsp3) is 0.348. The van der Waals surface area contributed by atoms with E-state index in [0.29, 0.717) is 5.56 Å². The number of pyridine rings is 1. The van der Waals surface area contributed by atoms with Gasteiger partial charge in [0.05, 0.1) is 12.0 Å². The first-order chi connectivity index (χ1) is 14.9. The van der Waals surface area contributed by atoms with Gasteiger partial charge in [0.25, 0.3) is 5.91 Å². The Labute approximate surface area is 190 Å². The highest BCUT2D eigenvalue weighted by atomic mass is 32.2. The minimum absolute atomic E-state index is 0.0307.